The van der Waals surface area contributed by atoms with Crippen molar-refractivity contribution in [2.75, 3.05) is 13.1 Å². The third-order valence-corrected chi connectivity index (χ3v) is 5.99. The molecule has 4 nitrogen and oxygen atoms in total. The second-order valence-corrected chi connectivity index (χ2v) is 8.01. The summed E-state index contributed by atoms with van der Waals surface area (Å²) in [5.41, 5.74) is 3.59. The lowest BCUT2D eigenvalue weighted by molar-refractivity contribution is 0.0698. The number of fused-ring (bicyclic) bond motifs is 1. The van der Waals surface area contributed by atoms with Crippen LogP contribution < -0.4 is 5.56 Å². The van der Waals surface area contributed by atoms with Crippen LogP contribution in [-0.2, 0) is 0 Å². The van der Waals surface area contributed by atoms with E-state index in [1.54, 1.807) is 10.8 Å². The first-order chi connectivity index (χ1) is 13.5. The zero-order chi connectivity index (χ0) is 19.8. The lowest BCUT2D eigenvalue weighted by Gasteiger charge is -2.30. The van der Waals surface area contributed by atoms with Gasteiger partial charge in [0, 0.05) is 35.7 Å². The summed E-state index contributed by atoms with van der Waals surface area (Å²) >= 11 is 0. The molecule has 0 unspecified atom stereocenters. The highest BCUT2D eigenvalue weighted by atomic mass is 16.2. The standard InChI is InChI=1S/C24H26N2O2/c1-16-10-12-25(13-11-16)23(27)22-15-26(19-9-8-17(2)18(3)14-19)24(28)21-7-5-4-6-20(21)22/h4-9,14-16H,10-13H2,1-3H3. The molecule has 1 aliphatic rings. The molecule has 0 saturated carbocycles. The van der Waals surface area contributed by atoms with Crippen LogP contribution in [-0.4, -0.2) is 28.5 Å². The van der Waals surface area contributed by atoms with E-state index >= 15 is 0 Å². The zero-order valence-electron chi connectivity index (χ0n) is 16.7. The third kappa shape index (κ3) is 3.24. The minimum absolute atomic E-state index is 0.0145. The number of nitrogens with zero attached hydrogens (tertiary/aromatic N) is 2. The number of aromatic nitrogens is 1. The van der Waals surface area contributed by atoms with Crippen LogP contribution in [0.15, 0.2) is 53.5 Å². The summed E-state index contributed by atoms with van der Waals surface area (Å²) in [6.07, 6.45) is 3.79. The first kappa shape index (κ1) is 18.5. The molecule has 0 atom stereocenters. The number of rotatable bonds is 2. The molecule has 0 radical (unpaired) electrons. The van der Waals surface area contributed by atoms with E-state index in [-0.39, 0.29) is 11.5 Å². The zero-order valence-corrected chi connectivity index (χ0v) is 16.7. The maximum atomic E-state index is 13.3. The topological polar surface area (TPSA) is 42.3 Å². The quantitative estimate of drug-likeness (QED) is 0.664. The molecule has 2 heterocycles. The van der Waals surface area contributed by atoms with E-state index in [4.69, 9.17) is 0 Å². The number of hydrogen-bond donors (Lipinski definition) is 0. The number of carbonyl (C=O) groups excluding carboxylic acids is 1. The van der Waals surface area contributed by atoms with Crippen LogP contribution >= 0.6 is 0 Å². The summed E-state index contributed by atoms with van der Waals surface area (Å²) in [6, 6.07) is 13.4. The van der Waals surface area contributed by atoms with Gasteiger partial charge in [-0.3, -0.25) is 14.2 Å². The number of pyridine rings is 1. The third-order valence-electron chi connectivity index (χ3n) is 5.99. The molecule has 2 aromatic carbocycles. The summed E-state index contributed by atoms with van der Waals surface area (Å²) < 4.78 is 1.62. The average Bonchev–Trinajstić information content (AvgIpc) is 2.71. The summed E-state index contributed by atoms with van der Waals surface area (Å²) in [5.74, 6) is 0.672. The molecule has 1 aromatic heterocycles. The van der Waals surface area contributed by atoms with Crippen LogP contribution in [0.4, 0.5) is 0 Å². The highest BCUT2D eigenvalue weighted by Gasteiger charge is 2.24. The van der Waals surface area contributed by atoms with Crippen LogP contribution in [0.25, 0.3) is 16.5 Å². The monoisotopic (exact) mass is 374 g/mol. The Morgan fingerprint density at radius 3 is 2.32 bits per heavy atom. The van der Waals surface area contributed by atoms with Crippen LogP contribution in [0, 0.1) is 19.8 Å². The van der Waals surface area contributed by atoms with E-state index in [0.29, 0.717) is 16.9 Å². The number of piperidine rings is 1. The molecule has 1 amide bonds. The molecule has 4 heteroatoms. The van der Waals surface area contributed by atoms with Crippen molar-refractivity contribution in [3.8, 4) is 5.69 Å². The smallest absolute Gasteiger partial charge is 0.262 e. The minimum atomic E-state index is -0.0948. The van der Waals surface area contributed by atoms with E-state index in [0.717, 1.165) is 42.6 Å². The SMILES string of the molecule is Cc1ccc(-n2cc(C(=O)N3CCC(C)CC3)c3ccccc3c2=O)cc1C. The number of aryl methyl sites for hydroxylation is 2. The van der Waals surface area contributed by atoms with Gasteiger partial charge in [-0.1, -0.05) is 31.2 Å². The predicted octanol–water partition coefficient (Wildman–Crippen LogP) is 4.48. The highest BCUT2D eigenvalue weighted by molar-refractivity contribution is 6.06. The second kappa shape index (κ2) is 7.27. The van der Waals surface area contributed by atoms with E-state index in [1.165, 1.54) is 5.56 Å². The number of likely N-dealkylation sites (tertiary alicyclic amines) is 1. The lowest BCUT2D eigenvalue weighted by atomic mass is 9.98. The minimum Gasteiger partial charge on any atom is -0.339 e. The van der Waals surface area contributed by atoms with Gasteiger partial charge in [-0.2, -0.15) is 0 Å². The Bertz CT molecular complexity index is 1110. The van der Waals surface area contributed by atoms with Crippen LogP contribution in [0.1, 0.15) is 41.3 Å². The molecular weight excluding hydrogens is 348 g/mol. The Morgan fingerprint density at radius 1 is 0.964 bits per heavy atom. The fourth-order valence-electron chi connectivity index (χ4n) is 3.91. The van der Waals surface area contributed by atoms with Gasteiger partial charge < -0.3 is 4.90 Å². The highest BCUT2D eigenvalue weighted by Crippen LogP contribution is 2.23. The van der Waals surface area contributed by atoms with Crippen molar-refractivity contribution in [1.29, 1.82) is 0 Å². The molecule has 0 spiro atoms. The number of hydrogen-bond acceptors (Lipinski definition) is 2. The van der Waals surface area contributed by atoms with Crippen molar-refractivity contribution in [2.24, 2.45) is 5.92 Å². The van der Waals surface area contributed by atoms with Crippen LogP contribution in [0.2, 0.25) is 0 Å². The van der Waals surface area contributed by atoms with Crippen molar-refractivity contribution in [2.45, 2.75) is 33.6 Å². The normalized spacial score (nSPS) is 15.2. The van der Waals surface area contributed by atoms with E-state index < -0.39 is 0 Å². The first-order valence-corrected chi connectivity index (χ1v) is 9.97. The fourth-order valence-corrected chi connectivity index (χ4v) is 3.91. The Kier molecular flexibility index (Phi) is 4.80. The molecule has 1 saturated heterocycles. The Labute approximate surface area is 165 Å². The van der Waals surface area contributed by atoms with Gasteiger partial charge in [0.15, 0.2) is 0 Å². The average molecular weight is 374 g/mol. The Balaban J connectivity index is 1.88. The van der Waals surface area contributed by atoms with Crippen molar-refractivity contribution in [1.82, 2.24) is 9.47 Å². The summed E-state index contributed by atoms with van der Waals surface area (Å²) in [7, 11) is 0. The number of benzene rings is 2. The van der Waals surface area contributed by atoms with Gasteiger partial charge in [0.05, 0.1) is 5.56 Å². The molecule has 28 heavy (non-hydrogen) atoms. The summed E-state index contributed by atoms with van der Waals surface area (Å²) in [4.78, 5) is 28.4. The van der Waals surface area contributed by atoms with Gasteiger partial charge >= 0.3 is 0 Å². The fraction of sp³-hybridized carbons (Fsp3) is 0.333. The molecular formula is C24H26N2O2. The van der Waals surface area contributed by atoms with Gasteiger partial charge in [0.1, 0.15) is 0 Å². The molecule has 1 aliphatic heterocycles. The van der Waals surface area contributed by atoms with Crippen LogP contribution in [0.3, 0.4) is 0 Å². The molecule has 0 N–H and O–H groups in total. The van der Waals surface area contributed by atoms with Crippen molar-refractivity contribution in [3.05, 3.63) is 75.7 Å². The molecule has 4 rings (SSSR count). The molecule has 144 valence electrons. The van der Waals surface area contributed by atoms with Crippen LogP contribution in [0.5, 0.6) is 0 Å². The molecule has 1 fully saturated rings. The maximum Gasteiger partial charge on any atom is 0.262 e. The number of amides is 1. The Hall–Kier alpha value is -2.88. The summed E-state index contributed by atoms with van der Waals surface area (Å²) in [5, 5.41) is 1.31. The van der Waals surface area contributed by atoms with Crippen molar-refractivity contribution >= 4 is 16.7 Å². The predicted molar refractivity (Wildman–Crippen MR) is 113 cm³/mol. The lowest BCUT2D eigenvalue weighted by Crippen LogP contribution is -2.38. The largest absolute Gasteiger partial charge is 0.339 e. The maximum absolute atomic E-state index is 13.3. The molecule has 0 aliphatic carbocycles. The van der Waals surface area contributed by atoms with E-state index in [9.17, 15) is 9.59 Å². The Morgan fingerprint density at radius 2 is 1.64 bits per heavy atom. The van der Waals surface area contributed by atoms with Gasteiger partial charge in [-0.15, -0.1) is 0 Å². The van der Waals surface area contributed by atoms with Gasteiger partial charge in [0.2, 0.25) is 0 Å². The first-order valence-electron chi connectivity index (χ1n) is 9.97. The molecule has 0 bridgehead atoms. The van der Waals surface area contributed by atoms with Crippen molar-refractivity contribution in [3.63, 3.8) is 0 Å². The number of carbonyl (C=O) groups is 1. The van der Waals surface area contributed by atoms with E-state index in [1.807, 2.05) is 54.3 Å². The molecule has 3 aromatic rings. The van der Waals surface area contributed by atoms with Gasteiger partial charge in [-0.05, 0) is 61.9 Å². The van der Waals surface area contributed by atoms with Gasteiger partial charge in [0.25, 0.3) is 11.5 Å². The van der Waals surface area contributed by atoms with Gasteiger partial charge in [-0.25, -0.2) is 0 Å². The summed E-state index contributed by atoms with van der Waals surface area (Å²) in [6.45, 7) is 7.87. The van der Waals surface area contributed by atoms with Crippen molar-refractivity contribution < 1.29 is 4.79 Å². The second-order valence-electron chi connectivity index (χ2n) is 8.01. The van der Waals surface area contributed by atoms with E-state index in [2.05, 4.69) is 13.8 Å².